The fourth-order valence-electron chi connectivity index (χ4n) is 4.70. The van der Waals surface area contributed by atoms with Crippen molar-refractivity contribution in [3.63, 3.8) is 0 Å². The second kappa shape index (κ2) is 8.81. The summed E-state index contributed by atoms with van der Waals surface area (Å²) in [7, 11) is 0. The molecule has 11 heteroatoms. The first-order chi connectivity index (χ1) is 17.1. The van der Waals surface area contributed by atoms with E-state index in [-0.39, 0.29) is 17.3 Å². The van der Waals surface area contributed by atoms with Gasteiger partial charge in [-0.1, -0.05) is 6.07 Å². The zero-order valence-electron chi connectivity index (χ0n) is 19.1. The molecule has 3 aromatic heterocycles. The molecule has 0 atom stereocenters. The summed E-state index contributed by atoms with van der Waals surface area (Å²) in [5.41, 5.74) is 8.10. The van der Waals surface area contributed by atoms with Crippen LogP contribution in [0, 0.1) is 17.6 Å². The van der Waals surface area contributed by atoms with E-state index >= 15 is 0 Å². The van der Waals surface area contributed by atoms with Crippen LogP contribution in [0.4, 0.5) is 14.6 Å². The van der Waals surface area contributed by atoms with Gasteiger partial charge in [-0.05, 0) is 60.2 Å². The Kier molecular flexibility index (Phi) is 5.48. The number of hydrogen-bond donors (Lipinski definition) is 1. The zero-order valence-corrected chi connectivity index (χ0v) is 19.1. The minimum absolute atomic E-state index is 0.115. The smallest absolute Gasteiger partial charge is 0.190 e. The van der Waals surface area contributed by atoms with Crippen LogP contribution in [0.2, 0.25) is 0 Å². The van der Waals surface area contributed by atoms with Crippen LogP contribution in [0.3, 0.4) is 0 Å². The lowest BCUT2D eigenvalue weighted by atomic mass is 10.0. The SMILES string of the molecule is Nc1ncc(-c2cnn(C3CCN(CC4CC4)CC3)c2)cc1-c1nnnn1-c1cccc(F)c1F. The Labute approximate surface area is 200 Å². The first kappa shape index (κ1) is 21.8. The summed E-state index contributed by atoms with van der Waals surface area (Å²) in [5, 5.41) is 16.1. The molecule has 0 amide bonds. The van der Waals surface area contributed by atoms with Crippen molar-refractivity contribution >= 4 is 5.82 Å². The van der Waals surface area contributed by atoms with Crippen LogP contribution in [0.25, 0.3) is 28.2 Å². The van der Waals surface area contributed by atoms with E-state index in [0.717, 1.165) is 53.7 Å². The van der Waals surface area contributed by atoms with Crippen molar-refractivity contribution < 1.29 is 8.78 Å². The number of piperidine rings is 1. The molecule has 1 aliphatic carbocycles. The molecular formula is C24H25F2N9. The predicted molar refractivity (Wildman–Crippen MR) is 125 cm³/mol. The van der Waals surface area contributed by atoms with E-state index in [0.29, 0.717) is 11.6 Å². The Bertz CT molecular complexity index is 1350. The molecule has 4 aromatic rings. The molecule has 2 aliphatic rings. The van der Waals surface area contributed by atoms with Gasteiger partial charge in [0.2, 0.25) is 0 Å². The highest BCUT2D eigenvalue weighted by Gasteiger charge is 2.28. The van der Waals surface area contributed by atoms with Crippen LogP contribution in [0.15, 0.2) is 42.9 Å². The molecule has 2 N–H and O–H groups in total. The number of nitrogens with two attached hydrogens (primary N) is 1. The van der Waals surface area contributed by atoms with Crippen molar-refractivity contribution in [2.24, 2.45) is 5.92 Å². The van der Waals surface area contributed by atoms with Gasteiger partial charge in [0.1, 0.15) is 11.5 Å². The largest absolute Gasteiger partial charge is 0.383 e. The normalized spacial score (nSPS) is 17.2. The van der Waals surface area contributed by atoms with E-state index in [1.807, 2.05) is 17.1 Å². The number of anilines is 1. The third-order valence-electron chi connectivity index (χ3n) is 6.87. The summed E-state index contributed by atoms with van der Waals surface area (Å²) in [6, 6.07) is 5.98. The summed E-state index contributed by atoms with van der Waals surface area (Å²) < 4.78 is 31.4. The number of halogens is 2. The monoisotopic (exact) mass is 477 g/mol. The minimum atomic E-state index is -1.05. The van der Waals surface area contributed by atoms with Gasteiger partial charge in [-0.2, -0.15) is 9.78 Å². The Hall–Kier alpha value is -3.73. The quantitative estimate of drug-likeness (QED) is 0.453. The Morgan fingerprint density at radius 2 is 1.86 bits per heavy atom. The molecule has 35 heavy (non-hydrogen) atoms. The number of pyridine rings is 1. The van der Waals surface area contributed by atoms with Crippen LogP contribution >= 0.6 is 0 Å². The van der Waals surface area contributed by atoms with Gasteiger partial charge in [0.15, 0.2) is 17.5 Å². The summed E-state index contributed by atoms with van der Waals surface area (Å²) in [5.74, 6) is -0.787. The molecule has 1 aromatic carbocycles. The third kappa shape index (κ3) is 4.27. The Morgan fingerprint density at radius 1 is 1.03 bits per heavy atom. The number of nitrogen functional groups attached to an aromatic ring is 1. The van der Waals surface area contributed by atoms with Crippen molar-refractivity contribution in [2.75, 3.05) is 25.4 Å². The first-order valence-corrected chi connectivity index (χ1v) is 11.8. The number of aromatic nitrogens is 7. The Balaban J connectivity index is 1.26. The molecule has 0 unspecified atom stereocenters. The Morgan fingerprint density at radius 3 is 2.66 bits per heavy atom. The molecule has 2 fully saturated rings. The summed E-state index contributed by atoms with van der Waals surface area (Å²) >= 11 is 0. The number of rotatable bonds is 6. The molecule has 1 saturated carbocycles. The highest BCUT2D eigenvalue weighted by molar-refractivity contribution is 5.76. The van der Waals surface area contributed by atoms with E-state index in [1.165, 1.54) is 31.5 Å². The second-order valence-electron chi connectivity index (χ2n) is 9.33. The first-order valence-electron chi connectivity index (χ1n) is 11.8. The topological polar surface area (TPSA) is 104 Å². The maximum absolute atomic E-state index is 14.4. The van der Waals surface area contributed by atoms with Gasteiger partial charge in [-0.15, -0.1) is 5.10 Å². The van der Waals surface area contributed by atoms with Gasteiger partial charge in [-0.25, -0.2) is 13.8 Å². The van der Waals surface area contributed by atoms with Crippen molar-refractivity contribution in [1.82, 2.24) is 39.9 Å². The lowest BCUT2D eigenvalue weighted by molar-refractivity contribution is 0.174. The number of tetrazole rings is 1. The van der Waals surface area contributed by atoms with Crippen molar-refractivity contribution in [1.29, 1.82) is 0 Å². The van der Waals surface area contributed by atoms with E-state index in [2.05, 4.69) is 30.5 Å². The molecule has 0 radical (unpaired) electrons. The minimum Gasteiger partial charge on any atom is -0.383 e. The predicted octanol–water partition coefficient (Wildman–Crippen LogP) is 3.50. The lowest BCUT2D eigenvalue weighted by Crippen LogP contribution is -2.36. The third-order valence-corrected chi connectivity index (χ3v) is 6.87. The van der Waals surface area contributed by atoms with Gasteiger partial charge in [0.05, 0.1) is 17.8 Å². The molecule has 0 spiro atoms. The maximum atomic E-state index is 14.4. The zero-order chi connectivity index (χ0) is 23.9. The van der Waals surface area contributed by atoms with Crippen LogP contribution in [-0.4, -0.2) is 59.5 Å². The number of nitrogens with zero attached hydrogens (tertiary/aromatic N) is 8. The van der Waals surface area contributed by atoms with Crippen molar-refractivity contribution in [3.8, 4) is 28.2 Å². The van der Waals surface area contributed by atoms with E-state index in [1.54, 1.807) is 12.3 Å². The number of likely N-dealkylation sites (tertiary alicyclic amines) is 1. The van der Waals surface area contributed by atoms with Crippen LogP contribution in [-0.2, 0) is 0 Å². The van der Waals surface area contributed by atoms with Crippen LogP contribution in [0.1, 0.15) is 31.7 Å². The summed E-state index contributed by atoms with van der Waals surface area (Å²) in [6.07, 6.45) is 10.4. The van der Waals surface area contributed by atoms with Crippen molar-refractivity contribution in [2.45, 2.75) is 31.7 Å². The van der Waals surface area contributed by atoms with Crippen LogP contribution in [0.5, 0.6) is 0 Å². The molecular weight excluding hydrogens is 452 g/mol. The van der Waals surface area contributed by atoms with Gasteiger partial charge < -0.3 is 10.6 Å². The highest BCUT2D eigenvalue weighted by atomic mass is 19.2. The van der Waals surface area contributed by atoms with Crippen LogP contribution < -0.4 is 5.73 Å². The fraction of sp³-hybridized carbons (Fsp3) is 0.375. The molecule has 6 rings (SSSR count). The maximum Gasteiger partial charge on any atom is 0.190 e. The van der Waals surface area contributed by atoms with Gasteiger partial charge in [0, 0.05) is 43.2 Å². The second-order valence-corrected chi connectivity index (χ2v) is 9.33. The number of hydrogen-bond acceptors (Lipinski definition) is 7. The molecule has 1 saturated heterocycles. The summed E-state index contributed by atoms with van der Waals surface area (Å²) in [4.78, 5) is 6.88. The van der Waals surface area contributed by atoms with Crippen molar-refractivity contribution in [3.05, 3.63) is 54.5 Å². The van der Waals surface area contributed by atoms with E-state index in [4.69, 9.17) is 5.73 Å². The molecule has 1 aliphatic heterocycles. The average molecular weight is 478 g/mol. The molecule has 4 heterocycles. The lowest BCUT2D eigenvalue weighted by Gasteiger charge is -2.32. The standard InChI is InChI=1S/C24H25F2N9/c25-20-2-1-3-21(22(20)26)35-24(30-31-32-35)19-10-16(11-28-23(19)27)17-12-29-34(14-17)18-6-8-33(9-7-18)13-15-4-5-15/h1-3,10-12,14-15,18H,4-9,13H2,(H2,27,28). The number of benzene rings is 1. The van der Waals surface area contributed by atoms with Gasteiger partial charge in [-0.3, -0.25) is 4.68 Å². The molecule has 180 valence electrons. The van der Waals surface area contributed by atoms with Gasteiger partial charge >= 0.3 is 0 Å². The van der Waals surface area contributed by atoms with E-state index in [9.17, 15) is 8.78 Å². The summed E-state index contributed by atoms with van der Waals surface area (Å²) in [6.45, 7) is 3.43. The highest BCUT2D eigenvalue weighted by Crippen LogP contribution is 2.33. The van der Waals surface area contributed by atoms with E-state index < -0.39 is 11.6 Å². The van der Waals surface area contributed by atoms with Gasteiger partial charge in [0.25, 0.3) is 0 Å². The molecule has 9 nitrogen and oxygen atoms in total. The average Bonchev–Trinajstić information content (AvgIpc) is 3.33. The fourth-order valence-corrected chi connectivity index (χ4v) is 4.70. The molecule has 0 bridgehead atoms.